The first kappa shape index (κ1) is 14.0. The molecule has 1 N–H and O–H groups in total. The monoisotopic (exact) mass is 303 g/mol. The van der Waals surface area contributed by atoms with Crippen molar-refractivity contribution < 1.29 is 0 Å². The highest BCUT2D eigenvalue weighted by molar-refractivity contribution is 9.10. The molecule has 1 nitrogen and oxygen atoms in total. The second-order valence-corrected chi connectivity index (χ2v) is 5.47. The molecule has 0 bridgehead atoms. The van der Waals surface area contributed by atoms with Gasteiger partial charge in [-0.2, -0.15) is 0 Å². The Morgan fingerprint density at radius 3 is 2.62 bits per heavy atom. The van der Waals surface area contributed by atoms with Gasteiger partial charge in [0.15, 0.2) is 0 Å². The Morgan fingerprint density at radius 2 is 2.12 bits per heavy atom. The summed E-state index contributed by atoms with van der Waals surface area (Å²) in [6, 6.07) is 6.55. The summed E-state index contributed by atoms with van der Waals surface area (Å²) in [5, 5.41) is 4.15. The van der Waals surface area contributed by atoms with Crippen molar-refractivity contribution in [2.24, 2.45) is 5.92 Å². The van der Waals surface area contributed by atoms with E-state index >= 15 is 0 Å². The maximum absolute atomic E-state index is 6.00. The SMILES string of the molecule is CCCC(C)C(NC)c1ccc(Cl)c(Br)c1. The van der Waals surface area contributed by atoms with Crippen LogP contribution in [0.4, 0.5) is 0 Å². The average molecular weight is 305 g/mol. The van der Waals surface area contributed by atoms with Crippen LogP contribution in [0.15, 0.2) is 22.7 Å². The Labute approximate surface area is 112 Å². The van der Waals surface area contributed by atoms with Crippen LogP contribution in [-0.4, -0.2) is 7.05 Å². The molecule has 0 aliphatic rings. The maximum atomic E-state index is 6.00. The molecule has 0 amide bonds. The van der Waals surface area contributed by atoms with E-state index in [9.17, 15) is 0 Å². The van der Waals surface area contributed by atoms with E-state index in [0.717, 1.165) is 9.50 Å². The van der Waals surface area contributed by atoms with Gasteiger partial charge in [-0.15, -0.1) is 0 Å². The van der Waals surface area contributed by atoms with Crippen LogP contribution in [0, 0.1) is 5.92 Å². The largest absolute Gasteiger partial charge is 0.313 e. The van der Waals surface area contributed by atoms with Crippen LogP contribution in [-0.2, 0) is 0 Å². The number of rotatable bonds is 5. The van der Waals surface area contributed by atoms with E-state index in [1.807, 2.05) is 13.1 Å². The van der Waals surface area contributed by atoms with Crippen LogP contribution in [0.1, 0.15) is 38.3 Å². The maximum Gasteiger partial charge on any atom is 0.0548 e. The molecule has 0 saturated carbocycles. The Balaban J connectivity index is 2.90. The van der Waals surface area contributed by atoms with Gasteiger partial charge in [-0.1, -0.05) is 37.9 Å². The van der Waals surface area contributed by atoms with Gasteiger partial charge in [0, 0.05) is 10.5 Å². The van der Waals surface area contributed by atoms with Crippen molar-refractivity contribution in [1.82, 2.24) is 5.32 Å². The van der Waals surface area contributed by atoms with Gasteiger partial charge in [0.2, 0.25) is 0 Å². The van der Waals surface area contributed by atoms with Crippen molar-refractivity contribution in [3.8, 4) is 0 Å². The predicted octanol–water partition coefficient (Wildman–Crippen LogP) is 4.80. The molecule has 16 heavy (non-hydrogen) atoms. The van der Waals surface area contributed by atoms with Gasteiger partial charge >= 0.3 is 0 Å². The Kier molecular flexibility index (Phi) is 5.81. The molecule has 90 valence electrons. The lowest BCUT2D eigenvalue weighted by molar-refractivity contribution is 0.384. The third kappa shape index (κ3) is 3.47. The number of halogens is 2. The predicted molar refractivity (Wildman–Crippen MR) is 75.0 cm³/mol. The summed E-state index contributed by atoms with van der Waals surface area (Å²) < 4.78 is 0.968. The number of benzene rings is 1. The summed E-state index contributed by atoms with van der Waals surface area (Å²) >= 11 is 9.47. The molecular weight excluding hydrogens is 286 g/mol. The van der Waals surface area contributed by atoms with E-state index in [0.29, 0.717) is 12.0 Å². The molecule has 0 radical (unpaired) electrons. The zero-order chi connectivity index (χ0) is 12.1. The molecule has 0 spiro atoms. The fourth-order valence-corrected chi connectivity index (χ4v) is 2.62. The lowest BCUT2D eigenvalue weighted by Gasteiger charge is -2.24. The first-order valence-electron chi connectivity index (χ1n) is 5.72. The van der Waals surface area contributed by atoms with E-state index in [4.69, 9.17) is 11.6 Å². The lowest BCUT2D eigenvalue weighted by atomic mass is 9.91. The van der Waals surface area contributed by atoms with Gasteiger partial charge in [-0.05, 0) is 53.0 Å². The number of hydrogen-bond acceptors (Lipinski definition) is 1. The highest BCUT2D eigenvalue weighted by Crippen LogP contribution is 2.30. The highest BCUT2D eigenvalue weighted by atomic mass is 79.9. The highest BCUT2D eigenvalue weighted by Gasteiger charge is 2.17. The molecule has 0 fully saturated rings. The van der Waals surface area contributed by atoms with Crippen LogP contribution in [0.3, 0.4) is 0 Å². The molecule has 0 saturated heterocycles. The minimum Gasteiger partial charge on any atom is -0.313 e. The molecular formula is C13H19BrClN. The summed E-state index contributed by atoms with van der Waals surface area (Å²) in [4.78, 5) is 0. The summed E-state index contributed by atoms with van der Waals surface area (Å²) in [5.41, 5.74) is 1.29. The van der Waals surface area contributed by atoms with Crippen LogP contribution in [0.2, 0.25) is 5.02 Å². The second kappa shape index (κ2) is 6.63. The normalized spacial score (nSPS) is 14.8. The fraction of sp³-hybridized carbons (Fsp3) is 0.538. The quantitative estimate of drug-likeness (QED) is 0.824. The van der Waals surface area contributed by atoms with Crippen LogP contribution >= 0.6 is 27.5 Å². The van der Waals surface area contributed by atoms with Gasteiger partial charge in [0.05, 0.1) is 5.02 Å². The van der Waals surface area contributed by atoms with E-state index in [1.165, 1.54) is 18.4 Å². The smallest absolute Gasteiger partial charge is 0.0548 e. The van der Waals surface area contributed by atoms with Gasteiger partial charge in [0.25, 0.3) is 0 Å². The topological polar surface area (TPSA) is 12.0 Å². The average Bonchev–Trinajstić information content (AvgIpc) is 2.25. The lowest BCUT2D eigenvalue weighted by Crippen LogP contribution is -2.23. The molecule has 0 aliphatic heterocycles. The molecule has 0 heterocycles. The molecule has 2 atom stereocenters. The molecule has 2 unspecified atom stereocenters. The second-order valence-electron chi connectivity index (χ2n) is 4.21. The van der Waals surface area contributed by atoms with Crippen molar-refractivity contribution in [2.45, 2.75) is 32.7 Å². The first-order chi connectivity index (χ1) is 7.60. The molecule has 1 aromatic carbocycles. The van der Waals surface area contributed by atoms with E-state index < -0.39 is 0 Å². The number of hydrogen-bond donors (Lipinski definition) is 1. The van der Waals surface area contributed by atoms with Gasteiger partial charge in [-0.25, -0.2) is 0 Å². The molecule has 3 heteroatoms. The van der Waals surface area contributed by atoms with E-state index in [2.05, 4.69) is 47.2 Å². The van der Waals surface area contributed by atoms with Crippen molar-refractivity contribution in [3.63, 3.8) is 0 Å². The first-order valence-corrected chi connectivity index (χ1v) is 6.89. The van der Waals surface area contributed by atoms with Crippen molar-refractivity contribution >= 4 is 27.5 Å². The Bertz CT molecular complexity index is 341. The summed E-state index contributed by atoms with van der Waals surface area (Å²) in [6.45, 7) is 4.51. The van der Waals surface area contributed by atoms with Gasteiger partial charge in [-0.3, -0.25) is 0 Å². The molecule has 0 aromatic heterocycles. The zero-order valence-electron chi connectivity index (χ0n) is 10.1. The molecule has 1 aromatic rings. The third-order valence-corrected chi connectivity index (χ3v) is 4.14. The van der Waals surface area contributed by atoms with Gasteiger partial charge in [0.1, 0.15) is 0 Å². The molecule has 1 rings (SSSR count). The van der Waals surface area contributed by atoms with Crippen molar-refractivity contribution in [2.75, 3.05) is 7.05 Å². The minimum absolute atomic E-state index is 0.397. The Morgan fingerprint density at radius 1 is 1.44 bits per heavy atom. The summed E-state index contributed by atoms with van der Waals surface area (Å²) in [5.74, 6) is 0.628. The summed E-state index contributed by atoms with van der Waals surface area (Å²) in [6.07, 6.45) is 2.44. The van der Waals surface area contributed by atoms with E-state index in [-0.39, 0.29) is 0 Å². The van der Waals surface area contributed by atoms with Gasteiger partial charge < -0.3 is 5.32 Å². The fourth-order valence-electron chi connectivity index (χ4n) is 2.11. The molecule has 0 aliphatic carbocycles. The van der Waals surface area contributed by atoms with Crippen LogP contribution < -0.4 is 5.32 Å². The number of nitrogens with one attached hydrogen (secondary N) is 1. The standard InChI is InChI=1S/C13H19BrClN/c1-4-5-9(2)13(16-3)10-6-7-12(15)11(14)8-10/h6-9,13,16H,4-5H2,1-3H3. The van der Waals surface area contributed by atoms with Crippen LogP contribution in [0.5, 0.6) is 0 Å². The van der Waals surface area contributed by atoms with Crippen LogP contribution in [0.25, 0.3) is 0 Å². The van der Waals surface area contributed by atoms with E-state index in [1.54, 1.807) is 0 Å². The third-order valence-electron chi connectivity index (χ3n) is 2.93. The van der Waals surface area contributed by atoms with Crippen molar-refractivity contribution in [1.29, 1.82) is 0 Å². The van der Waals surface area contributed by atoms with Crippen molar-refractivity contribution in [3.05, 3.63) is 33.3 Å². The summed E-state index contributed by atoms with van der Waals surface area (Å²) in [7, 11) is 2.01. The Hall–Kier alpha value is -0.0500. The zero-order valence-corrected chi connectivity index (χ0v) is 12.4. The minimum atomic E-state index is 0.397.